The van der Waals surface area contributed by atoms with E-state index in [-0.39, 0.29) is 35.6 Å². The zero-order chi connectivity index (χ0) is 18.5. The Hall–Kier alpha value is -1.45. The highest BCUT2D eigenvalue weighted by atomic mass is 32.2. The van der Waals surface area contributed by atoms with Crippen molar-refractivity contribution in [1.82, 2.24) is 9.62 Å². The Kier molecular flexibility index (Phi) is 4.36. The number of fused-ring (bicyclic) bond motifs is 1. The van der Waals surface area contributed by atoms with Gasteiger partial charge < -0.3 is 4.90 Å². The van der Waals surface area contributed by atoms with E-state index in [0.717, 1.165) is 25.7 Å². The molecule has 26 heavy (non-hydrogen) atoms. The number of benzene rings is 1. The minimum Gasteiger partial charge on any atom is -0.340 e. The third-order valence-corrected chi connectivity index (χ3v) is 9.23. The molecule has 1 amide bonds. The van der Waals surface area contributed by atoms with Crippen LogP contribution in [0.25, 0.3) is 0 Å². The maximum atomic E-state index is 12.6. The minimum absolute atomic E-state index is 0.0402. The molecule has 1 aliphatic carbocycles. The van der Waals surface area contributed by atoms with Crippen molar-refractivity contribution in [1.29, 1.82) is 0 Å². The Morgan fingerprint density at radius 2 is 1.77 bits per heavy atom. The van der Waals surface area contributed by atoms with Crippen LogP contribution in [0.4, 0.5) is 0 Å². The summed E-state index contributed by atoms with van der Waals surface area (Å²) in [6, 6.07) is 5.72. The smallest absolute Gasteiger partial charge is 0.225 e. The lowest BCUT2D eigenvalue weighted by atomic mass is 10.0. The number of amides is 1. The molecule has 0 spiro atoms. The van der Waals surface area contributed by atoms with Crippen LogP contribution in [0.3, 0.4) is 0 Å². The molecule has 0 aromatic heterocycles. The number of sulfonamides is 1. The van der Waals surface area contributed by atoms with Crippen LogP contribution in [0.15, 0.2) is 29.2 Å². The molecule has 1 aromatic carbocycles. The van der Waals surface area contributed by atoms with E-state index >= 15 is 0 Å². The molecule has 0 bridgehead atoms. The Morgan fingerprint density at radius 1 is 1.12 bits per heavy atom. The Labute approximate surface area is 153 Å². The number of sulfone groups is 1. The first-order chi connectivity index (χ1) is 12.3. The third-order valence-electron chi connectivity index (χ3n) is 5.63. The van der Waals surface area contributed by atoms with E-state index in [1.165, 1.54) is 6.07 Å². The average Bonchev–Trinajstić information content (AvgIpc) is 3.13. The van der Waals surface area contributed by atoms with Crippen molar-refractivity contribution >= 4 is 25.8 Å². The molecule has 1 aromatic rings. The summed E-state index contributed by atoms with van der Waals surface area (Å²) in [6.07, 6.45) is 3.90. The van der Waals surface area contributed by atoms with Gasteiger partial charge in [0.15, 0.2) is 9.84 Å². The van der Waals surface area contributed by atoms with E-state index in [2.05, 4.69) is 4.72 Å². The fraction of sp³-hybridized carbons (Fsp3) is 0.588. The SMILES string of the molecule is O=C(C1CCCC1)N1CC(S(=O)(=O)NC2CS(=O)(=O)c3ccccc32)C1. The number of hydrogen-bond donors (Lipinski definition) is 1. The molecule has 3 aliphatic rings. The zero-order valence-corrected chi connectivity index (χ0v) is 15.9. The van der Waals surface area contributed by atoms with Gasteiger partial charge in [0, 0.05) is 19.0 Å². The maximum absolute atomic E-state index is 12.6. The van der Waals surface area contributed by atoms with Crippen LogP contribution in [0.5, 0.6) is 0 Å². The summed E-state index contributed by atoms with van der Waals surface area (Å²) in [5.41, 5.74) is 0.495. The molecule has 1 N–H and O–H groups in total. The van der Waals surface area contributed by atoms with Crippen LogP contribution in [-0.2, 0) is 24.7 Å². The van der Waals surface area contributed by atoms with Crippen LogP contribution in [0.2, 0.25) is 0 Å². The van der Waals surface area contributed by atoms with E-state index < -0.39 is 31.2 Å². The topological polar surface area (TPSA) is 101 Å². The fourth-order valence-corrected chi connectivity index (χ4v) is 7.48. The lowest BCUT2D eigenvalue weighted by molar-refractivity contribution is -0.138. The van der Waals surface area contributed by atoms with Crippen LogP contribution in [0.1, 0.15) is 37.3 Å². The second kappa shape index (κ2) is 6.31. The molecule has 0 radical (unpaired) electrons. The predicted octanol–water partition coefficient (Wildman–Crippen LogP) is 0.835. The second-order valence-electron chi connectivity index (χ2n) is 7.38. The number of carbonyl (C=O) groups is 1. The van der Waals surface area contributed by atoms with Crippen molar-refractivity contribution in [2.75, 3.05) is 18.8 Å². The van der Waals surface area contributed by atoms with E-state index in [0.29, 0.717) is 5.56 Å². The van der Waals surface area contributed by atoms with Crippen LogP contribution in [0, 0.1) is 5.92 Å². The molecule has 7 nitrogen and oxygen atoms in total. The predicted molar refractivity (Wildman–Crippen MR) is 95.6 cm³/mol. The van der Waals surface area contributed by atoms with E-state index in [4.69, 9.17) is 0 Å². The van der Waals surface area contributed by atoms with Crippen LogP contribution in [-0.4, -0.2) is 51.7 Å². The molecular formula is C17H22N2O5S2. The number of nitrogens with one attached hydrogen (secondary N) is 1. The summed E-state index contributed by atoms with van der Waals surface area (Å²) in [7, 11) is -7.17. The minimum atomic E-state index is -3.70. The standard InChI is InChI=1S/C17H22N2O5S2/c20-17(12-5-1-2-6-12)19-9-13(10-19)26(23,24)18-15-11-25(21,22)16-8-4-3-7-14(15)16/h3-4,7-8,12-13,15,18H,1-2,5-6,9-11H2. The van der Waals surface area contributed by atoms with Gasteiger partial charge in [-0.25, -0.2) is 21.6 Å². The Balaban J connectivity index is 1.42. The van der Waals surface area contributed by atoms with E-state index in [9.17, 15) is 21.6 Å². The van der Waals surface area contributed by atoms with Crippen molar-refractivity contribution in [3.8, 4) is 0 Å². The first-order valence-electron chi connectivity index (χ1n) is 8.89. The summed E-state index contributed by atoms with van der Waals surface area (Å²) >= 11 is 0. The molecule has 142 valence electrons. The molecular weight excluding hydrogens is 376 g/mol. The summed E-state index contributed by atoms with van der Waals surface area (Å²) in [6.45, 7) is 0.373. The highest BCUT2D eigenvalue weighted by Crippen LogP contribution is 2.34. The first kappa shape index (κ1) is 17.9. The van der Waals surface area contributed by atoms with Crippen molar-refractivity contribution in [2.24, 2.45) is 5.92 Å². The summed E-state index contributed by atoms with van der Waals surface area (Å²) in [5.74, 6) is -0.163. The molecule has 1 saturated carbocycles. The van der Waals surface area contributed by atoms with Gasteiger partial charge in [-0.3, -0.25) is 4.79 Å². The first-order valence-corrected chi connectivity index (χ1v) is 12.1. The number of rotatable bonds is 4. The van der Waals surface area contributed by atoms with Gasteiger partial charge in [0.2, 0.25) is 15.9 Å². The monoisotopic (exact) mass is 398 g/mol. The molecule has 1 unspecified atom stereocenters. The average molecular weight is 399 g/mol. The number of nitrogens with zero attached hydrogens (tertiary/aromatic N) is 1. The van der Waals surface area contributed by atoms with Crippen molar-refractivity contribution in [3.05, 3.63) is 29.8 Å². The highest BCUT2D eigenvalue weighted by Gasteiger charge is 2.44. The van der Waals surface area contributed by atoms with Gasteiger partial charge in [-0.15, -0.1) is 0 Å². The van der Waals surface area contributed by atoms with Gasteiger partial charge in [0.1, 0.15) is 5.25 Å². The van der Waals surface area contributed by atoms with Crippen LogP contribution >= 0.6 is 0 Å². The van der Waals surface area contributed by atoms with E-state index in [1.54, 1.807) is 23.1 Å². The number of hydrogen-bond acceptors (Lipinski definition) is 5. The number of likely N-dealkylation sites (tertiary alicyclic amines) is 1. The summed E-state index contributed by atoms with van der Waals surface area (Å²) in [5, 5.41) is -0.677. The van der Waals surface area contributed by atoms with E-state index in [1.807, 2.05) is 0 Å². The van der Waals surface area contributed by atoms with Crippen molar-refractivity contribution < 1.29 is 21.6 Å². The molecule has 2 heterocycles. The van der Waals surface area contributed by atoms with Gasteiger partial charge in [0.25, 0.3) is 0 Å². The fourth-order valence-electron chi connectivity index (χ4n) is 4.09. The van der Waals surface area contributed by atoms with Gasteiger partial charge in [0.05, 0.1) is 16.7 Å². The number of carbonyl (C=O) groups excluding carboxylic acids is 1. The lowest BCUT2D eigenvalue weighted by Crippen LogP contribution is -2.60. The summed E-state index contributed by atoms with van der Waals surface area (Å²) in [4.78, 5) is 14.1. The largest absolute Gasteiger partial charge is 0.340 e. The second-order valence-corrected chi connectivity index (χ2v) is 11.4. The molecule has 1 atom stereocenters. The van der Waals surface area contributed by atoms with Gasteiger partial charge in [-0.2, -0.15) is 0 Å². The Morgan fingerprint density at radius 3 is 2.46 bits per heavy atom. The van der Waals surface area contributed by atoms with Gasteiger partial charge >= 0.3 is 0 Å². The molecule has 1 saturated heterocycles. The molecule has 2 fully saturated rings. The van der Waals surface area contributed by atoms with Gasteiger partial charge in [-0.1, -0.05) is 31.0 Å². The van der Waals surface area contributed by atoms with Crippen molar-refractivity contribution in [2.45, 2.75) is 41.9 Å². The molecule has 9 heteroatoms. The zero-order valence-electron chi connectivity index (χ0n) is 14.3. The maximum Gasteiger partial charge on any atom is 0.225 e. The van der Waals surface area contributed by atoms with Crippen LogP contribution < -0.4 is 4.72 Å². The highest BCUT2D eigenvalue weighted by molar-refractivity contribution is 7.92. The normalized spacial score (nSPS) is 25.8. The Bertz CT molecular complexity index is 930. The molecule has 2 aliphatic heterocycles. The third kappa shape index (κ3) is 3.05. The van der Waals surface area contributed by atoms with Gasteiger partial charge in [-0.05, 0) is 24.5 Å². The molecule has 4 rings (SSSR count). The van der Waals surface area contributed by atoms with Crippen molar-refractivity contribution in [3.63, 3.8) is 0 Å². The quantitative estimate of drug-likeness (QED) is 0.810. The summed E-state index contributed by atoms with van der Waals surface area (Å²) < 4.78 is 52.2. The lowest BCUT2D eigenvalue weighted by Gasteiger charge is -2.40.